The van der Waals surface area contributed by atoms with E-state index in [4.69, 9.17) is 4.74 Å². The Balaban J connectivity index is 1.57. The summed E-state index contributed by atoms with van der Waals surface area (Å²) in [6, 6.07) is 16.2. The zero-order valence-corrected chi connectivity index (χ0v) is 18.5. The summed E-state index contributed by atoms with van der Waals surface area (Å²) in [5.41, 5.74) is 3.76. The normalized spacial score (nSPS) is 26.5. The number of halogens is 1. The molecule has 0 radical (unpaired) electrons. The van der Waals surface area contributed by atoms with E-state index in [1.165, 1.54) is 12.1 Å². The SMILES string of the molecule is Cc1ccc([C@@H]2OC[C@@H](O)C[C@@H](O)[C@H](O)C2O)cc1Cc1ccc(-c2ccc(F)cc2)s1. The molecule has 0 saturated carbocycles. The highest BCUT2D eigenvalue weighted by Gasteiger charge is 2.36. The van der Waals surface area contributed by atoms with Gasteiger partial charge < -0.3 is 25.2 Å². The van der Waals surface area contributed by atoms with Gasteiger partial charge in [-0.25, -0.2) is 4.39 Å². The zero-order chi connectivity index (χ0) is 22.8. The second-order valence-electron chi connectivity index (χ2n) is 8.33. The van der Waals surface area contributed by atoms with Gasteiger partial charge in [-0.05, 0) is 53.4 Å². The third-order valence-corrected chi connectivity index (χ3v) is 7.03. The van der Waals surface area contributed by atoms with Crippen LogP contribution in [-0.4, -0.2) is 51.4 Å². The molecule has 2 aromatic carbocycles. The van der Waals surface area contributed by atoms with Crippen molar-refractivity contribution in [1.82, 2.24) is 0 Å². The van der Waals surface area contributed by atoms with Gasteiger partial charge in [0.2, 0.25) is 0 Å². The van der Waals surface area contributed by atoms with Crippen molar-refractivity contribution in [2.75, 3.05) is 6.61 Å². The van der Waals surface area contributed by atoms with Crippen molar-refractivity contribution in [2.45, 2.75) is 50.3 Å². The summed E-state index contributed by atoms with van der Waals surface area (Å²) in [7, 11) is 0. The molecule has 0 aliphatic carbocycles. The van der Waals surface area contributed by atoms with Crippen molar-refractivity contribution in [3.63, 3.8) is 0 Å². The second kappa shape index (κ2) is 9.79. The van der Waals surface area contributed by atoms with E-state index in [2.05, 4.69) is 0 Å². The van der Waals surface area contributed by atoms with E-state index in [1.54, 1.807) is 23.5 Å². The minimum atomic E-state index is -1.42. The molecule has 5 nitrogen and oxygen atoms in total. The van der Waals surface area contributed by atoms with Gasteiger partial charge >= 0.3 is 0 Å². The molecule has 4 N–H and O–H groups in total. The number of aliphatic hydroxyl groups excluding tert-OH is 4. The lowest BCUT2D eigenvalue weighted by atomic mass is 9.91. The van der Waals surface area contributed by atoms with E-state index < -0.39 is 30.5 Å². The molecule has 1 unspecified atom stereocenters. The molecule has 3 aromatic rings. The van der Waals surface area contributed by atoms with Crippen molar-refractivity contribution in [3.05, 3.63) is 82.0 Å². The van der Waals surface area contributed by atoms with Crippen LogP contribution < -0.4 is 0 Å². The van der Waals surface area contributed by atoms with Crippen molar-refractivity contribution in [1.29, 1.82) is 0 Å². The Labute approximate surface area is 190 Å². The number of aliphatic hydroxyl groups is 4. The highest BCUT2D eigenvalue weighted by atomic mass is 32.1. The summed E-state index contributed by atoms with van der Waals surface area (Å²) in [6.45, 7) is 1.96. The molecule has 4 rings (SSSR count). The van der Waals surface area contributed by atoms with E-state index in [9.17, 15) is 24.8 Å². The number of hydrogen-bond donors (Lipinski definition) is 4. The van der Waals surface area contributed by atoms with Gasteiger partial charge in [0.15, 0.2) is 0 Å². The van der Waals surface area contributed by atoms with Gasteiger partial charge in [-0.15, -0.1) is 11.3 Å². The van der Waals surface area contributed by atoms with Crippen molar-refractivity contribution in [2.24, 2.45) is 0 Å². The van der Waals surface area contributed by atoms with Crippen LogP contribution in [0.5, 0.6) is 0 Å². The lowest BCUT2D eigenvalue weighted by Gasteiger charge is -2.34. The summed E-state index contributed by atoms with van der Waals surface area (Å²) in [5.74, 6) is -0.262. The Morgan fingerprint density at radius 3 is 2.47 bits per heavy atom. The maximum Gasteiger partial charge on any atom is 0.123 e. The highest BCUT2D eigenvalue weighted by molar-refractivity contribution is 7.15. The largest absolute Gasteiger partial charge is 0.391 e. The topological polar surface area (TPSA) is 90.2 Å². The minimum absolute atomic E-state index is 0.0410. The standard InChI is InChI=1S/C25H27FO5S/c1-14-2-3-16(25-24(30)23(29)21(28)12-19(27)13-31-25)10-17(14)11-20-8-9-22(32-20)15-4-6-18(26)7-5-15/h2-10,19,21,23-25,27-30H,11-13H2,1H3/t19-,21+,23-,24?,25-/m0/s1. The monoisotopic (exact) mass is 458 g/mol. The first kappa shape index (κ1) is 23.0. The maximum atomic E-state index is 13.2. The van der Waals surface area contributed by atoms with Crippen LogP contribution in [0.3, 0.4) is 0 Å². The van der Waals surface area contributed by atoms with Gasteiger partial charge in [0.1, 0.15) is 24.1 Å². The summed E-state index contributed by atoms with van der Waals surface area (Å²) in [5, 5.41) is 40.9. The summed E-state index contributed by atoms with van der Waals surface area (Å²) < 4.78 is 18.9. The smallest absolute Gasteiger partial charge is 0.123 e. The minimum Gasteiger partial charge on any atom is -0.391 e. The molecule has 5 atom stereocenters. The third kappa shape index (κ3) is 5.09. The Morgan fingerprint density at radius 1 is 0.969 bits per heavy atom. The average Bonchev–Trinajstić information content (AvgIpc) is 3.23. The molecule has 7 heteroatoms. The fraction of sp³-hybridized carbons (Fsp3) is 0.360. The van der Waals surface area contributed by atoms with Crippen molar-refractivity contribution >= 4 is 11.3 Å². The predicted molar refractivity (Wildman–Crippen MR) is 121 cm³/mol. The van der Waals surface area contributed by atoms with Crippen molar-refractivity contribution in [3.8, 4) is 10.4 Å². The fourth-order valence-corrected chi connectivity index (χ4v) is 5.02. The van der Waals surface area contributed by atoms with Gasteiger partial charge in [-0.3, -0.25) is 0 Å². The fourth-order valence-electron chi connectivity index (χ4n) is 3.99. The van der Waals surface area contributed by atoms with E-state index >= 15 is 0 Å². The molecule has 0 amide bonds. The summed E-state index contributed by atoms with van der Waals surface area (Å²) in [6.07, 6.45) is -5.15. The van der Waals surface area contributed by atoms with Gasteiger partial charge in [0, 0.05) is 22.6 Å². The van der Waals surface area contributed by atoms with Crippen LogP contribution >= 0.6 is 11.3 Å². The average molecular weight is 459 g/mol. The summed E-state index contributed by atoms with van der Waals surface area (Å²) >= 11 is 1.64. The Hall–Kier alpha value is -2.13. The maximum absolute atomic E-state index is 13.2. The van der Waals surface area contributed by atoms with E-state index in [1.807, 2.05) is 37.3 Å². The number of ether oxygens (including phenoxy) is 1. The summed E-state index contributed by atoms with van der Waals surface area (Å²) in [4.78, 5) is 2.19. The number of hydrogen-bond acceptors (Lipinski definition) is 6. The molecule has 1 saturated heterocycles. The Morgan fingerprint density at radius 2 is 1.72 bits per heavy atom. The van der Waals surface area contributed by atoms with Crippen LogP contribution in [0.1, 0.15) is 34.1 Å². The van der Waals surface area contributed by atoms with Gasteiger partial charge in [0.05, 0.1) is 18.8 Å². The molecule has 1 aliphatic heterocycles. The molecule has 0 spiro atoms. The van der Waals surface area contributed by atoms with Crippen LogP contribution in [0, 0.1) is 12.7 Å². The molecule has 0 bridgehead atoms. The highest BCUT2D eigenvalue weighted by Crippen LogP contribution is 2.33. The van der Waals surface area contributed by atoms with Crippen LogP contribution in [0.4, 0.5) is 4.39 Å². The molecule has 32 heavy (non-hydrogen) atoms. The molecule has 2 heterocycles. The number of benzene rings is 2. The number of rotatable bonds is 4. The second-order valence-corrected chi connectivity index (χ2v) is 9.50. The molecule has 170 valence electrons. The molecular formula is C25H27FO5S. The van der Waals surface area contributed by atoms with E-state index in [-0.39, 0.29) is 18.8 Å². The molecule has 1 aliphatic rings. The number of thiophene rings is 1. The van der Waals surface area contributed by atoms with E-state index in [0.29, 0.717) is 12.0 Å². The first-order chi connectivity index (χ1) is 15.3. The van der Waals surface area contributed by atoms with Gasteiger partial charge in [0.25, 0.3) is 0 Å². The Bertz CT molecular complexity index is 1050. The predicted octanol–water partition coefficient (Wildman–Crippen LogP) is 3.36. The van der Waals surface area contributed by atoms with Crippen LogP contribution in [0.25, 0.3) is 10.4 Å². The Kier molecular flexibility index (Phi) is 7.05. The molecule has 1 fully saturated rings. The van der Waals surface area contributed by atoms with E-state index in [0.717, 1.165) is 26.4 Å². The lowest BCUT2D eigenvalue weighted by molar-refractivity contribution is -0.162. The van der Waals surface area contributed by atoms with Gasteiger partial charge in [-0.2, -0.15) is 0 Å². The van der Waals surface area contributed by atoms with Crippen LogP contribution in [0.15, 0.2) is 54.6 Å². The first-order valence-corrected chi connectivity index (χ1v) is 11.4. The quantitative estimate of drug-likeness (QED) is 0.481. The van der Waals surface area contributed by atoms with Crippen molar-refractivity contribution < 1.29 is 29.6 Å². The van der Waals surface area contributed by atoms with Crippen LogP contribution in [-0.2, 0) is 11.2 Å². The molecular weight excluding hydrogens is 431 g/mol. The zero-order valence-electron chi connectivity index (χ0n) is 17.7. The third-order valence-electron chi connectivity index (χ3n) is 5.89. The lowest BCUT2D eigenvalue weighted by Crippen LogP contribution is -2.46. The van der Waals surface area contributed by atoms with Crippen LogP contribution in [0.2, 0.25) is 0 Å². The first-order valence-electron chi connectivity index (χ1n) is 10.6. The van der Waals surface area contributed by atoms with Gasteiger partial charge in [-0.1, -0.05) is 30.3 Å². The number of aryl methyl sites for hydroxylation is 1. The molecule has 1 aromatic heterocycles.